The fourth-order valence-corrected chi connectivity index (χ4v) is 3.01. The predicted molar refractivity (Wildman–Crippen MR) is 91.8 cm³/mol. The van der Waals surface area contributed by atoms with Crippen molar-refractivity contribution < 1.29 is 4.79 Å². The van der Waals surface area contributed by atoms with Crippen LogP contribution in [0, 0.1) is 0 Å². The zero-order valence-corrected chi connectivity index (χ0v) is 14.0. The molecule has 22 heavy (non-hydrogen) atoms. The number of carbonyl (C=O) groups excluding carboxylic acids is 1. The number of fused-ring (bicyclic) bond motifs is 1. The Morgan fingerprint density at radius 1 is 1.32 bits per heavy atom. The number of aromatic nitrogens is 2. The normalized spacial score (nSPS) is 15.9. The lowest BCUT2D eigenvalue weighted by Crippen LogP contribution is -2.52. The van der Waals surface area contributed by atoms with Crippen LogP contribution in [-0.2, 0) is 11.2 Å². The second-order valence-electron chi connectivity index (χ2n) is 5.61. The molecule has 1 fully saturated rings. The zero-order valence-electron chi connectivity index (χ0n) is 12.3. The highest BCUT2D eigenvalue weighted by Gasteiger charge is 2.33. The van der Waals surface area contributed by atoms with E-state index < -0.39 is 0 Å². The summed E-state index contributed by atoms with van der Waals surface area (Å²) >= 11 is 0. The van der Waals surface area contributed by atoms with E-state index in [1.807, 2.05) is 35.0 Å². The number of imidazole rings is 1. The molecule has 0 atom stereocenters. The van der Waals surface area contributed by atoms with Gasteiger partial charge in [0.15, 0.2) is 0 Å². The van der Waals surface area contributed by atoms with E-state index in [-0.39, 0.29) is 36.3 Å². The van der Waals surface area contributed by atoms with Gasteiger partial charge in [-0.1, -0.05) is 18.9 Å². The second-order valence-corrected chi connectivity index (χ2v) is 5.61. The van der Waals surface area contributed by atoms with E-state index in [4.69, 9.17) is 5.73 Å². The molecular formula is C15H22Cl2N4O. The topological polar surface area (TPSA) is 72.4 Å². The fourth-order valence-electron chi connectivity index (χ4n) is 3.01. The molecule has 1 amide bonds. The van der Waals surface area contributed by atoms with Crippen LogP contribution >= 0.6 is 24.8 Å². The van der Waals surface area contributed by atoms with Gasteiger partial charge in [0.1, 0.15) is 5.65 Å². The van der Waals surface area contributed by atoms with Crippen LogP contribution in [0.4, 0.5) is 0 Å². The summed E-state index contributed by atoms with van der Waals surface area (Å²) in [6, 6.07) is 5.81. The van der Waals surface area contributed by atoms with Crippen LogP contribution in [0.5, 0.6) is 0 Å². The third kappa shape index (κ3) is 3.91. The molecule has 0 aromatic carbocycles. The first-order chi connectivity index (χ1) is 9.71. The number of nitrogens with one attached hydrogen (secondary N) is 1. The van der Waals surface area contributed by atoms with Crippen LogP contribution in [-0.4, -0.2) is 27.4 Å². The molecule has 0 spiro atoms. The Labute approximate surface area is 142 Å². The van der Waals surface area contributed by atoms with Crippen LogP contribution in [0.1, 0.15) is 31.4 Å². The maximum Gasteiger partial charge on any atom is 0.226 e. The molecule has 0 saturated heterocycles. The Balaban J connectivity index is 0.00000121. The average molecular weight is 345 g/mol. The summed E-state index contributed by atoms with van der Waals surface area (Å²) in [7, 11) is 0. The molecule has 0 bridgehead atoms. The number of amides is 1. The van der Waals surface area contributed by atoms with Crippen LogP contribution < -0.4 is 11.1 Å². The van der Waals surface area contributed by atoms with Crippen LogP contribution in [0.2, 0.25) is 0 Å². The molecule has 0 radical (unpaired) electrons. The van der Waals surface area contributed by atoms with Crippen molar-refractivity contribution in [2.45, 2.75) is 37.6 Å². The fraction of sp³-hybridized carbons (Fsp3) is 0.467. The molecule has 1 aliphatic carbocycles. The minimum absolute atomic E-state index is 0. The number of hydrogen-bond donors (Lipinski definition) is 2. The van der Waals surface area contributed by atoms with Crippen molar-refractivity contribution in [1.82, 2.24) is 14.7 Å². The van der Waals surface area contributed by atoms with Gasteiger partial charge in [0.25, 0.3) is 0 Å². The van der Waals surface area contributed by atoms with Crippen LogP contribution in [0.15, 0.2) is 30.6 Å². The monoisotopic (exact) mass is 344 g/mol. The third-order valence-electron chi connectivity index (χ3n) is 4.11. The van der Waals surface area contributed by atoms with Gasteiger partial charge in [0.05, 0.1) is 17.7 Å². The number of nitrogens with zero attached hydrogens (tertiary/aromatic N) is 2. The van der Waals surface area contributed by atoms with E-state index in [0.717, 1.165) is 37.0 Å². The van der Waals surface area contributed by atoms with Crippen molar-refractivity contribution in [3.8, 4) is 0 Å². The molecular weight excluding hydrogens is 323 g/mol. The summed E-state index contributed by atoms with van der Waals surface area (Å²) in [6.07, 6.45) is 8.41. The number of pyridine rings is 1. The van der Waals surface area contributed by atoms with E-state index in [2.05, 4.69) is 10.3 Å². The lowest BCUT2D eigenvalue weighted by molar-refractivity contribution is -0.122. The van der Waals surface area contributed by atoms with Crippen molar-refractivity contribution in [1.29, 1.82) is 0 Å². The quantitative estimate of drug-likeness (QED) is 0.891. The average Bonchev–Trinajstić information content (AvgIpc) is 3.05. The van der Waals surface area contributed by atoms with E-state index >= 15 is 0 Å². The van der Waals surface area contributed by atoms with Crippen LogP contribution in [0.25, 0.3) is 5.65 Å². The van der Waals surface area contributed by atoms with Gasteiger partial charge in [-0.15, -0.1) is 24.8 Å². The first-order valence-electron chi connectivity index (χ1n) is 7.14. The molecule has 1 saturated carbocycles. The van der Waals surface area contributed by atoms with Gasteiger partial charge in [0, 0.05) is 18.9 Å². The number of halogens is 2. The van der Waals surface area contributed by atoms with Crippen molar-refractivity contribution in [3.63, 3.8) is 0 Å². The lowest BCUT2D eigenvalue weighted by Gasteiger charge is -2.28. The van der Waals surface area contributed by atoms with Gasteiger partial charge >= 0.3 is 0 Å². The number of hydrogen-bond acceptors (Lipinski definition) is 3. The predicted octanol–water partition coefficient (Wildman–Crippen LogP) is 2.11. The molecule has 5 nitrogen and oxygen atoms in total. The van der Waals surface area contributed by atoms with Gasteiger partial charge in [-0.2, -0.15) is 0 Å². The van der Waals surface area contributed by atoms with Gasteiger partial charge in [-0.05, 0) is 25.0 Å². The highest BCUT2D eigenvalue weighted by atomic mass is 35.5. The molecule has 2 aromatic heterocycles. The van der Waals surface area contributed by atoms with E-state index in [1.54, 1.807) is 0 Å². The molecule has 122 valence electrons. The van der Waals surface area contributed by atoms with E-state index in [1.165, 1.54) is 0 Å². The summed E-state index contributed by atoms with van der Waals surface area (Å²) in [5.41, 5.74) is 7.31. The van der Waals surface area contributed by atoms with Crippen molar-refractivity contribution in [2.24, 2.45) is 5.73 Å². The SMILES string of the molecule is Cl.Cl.NCC1(NC(=O)Cc2cn3ccccc3n2)CCCC1. The van der Waals surface area contributed by atoms with Gasteiger partial charge in [-0.3, -0.25) is 4.79 Å². The summed E-state index contributed by atoms with van der Waals surface area (Å²) in [5.74, 6) is 0.0146. The van der Waals surface area contributed by atoms with E-state index in [9.17, 15) is 4.79 Å². The third-order valence-corrected chi connectivity index (χ3v) is 4.11. The molecule has 2 aromatic rings. The summed E-state index contributed by atoms with van der Waals surface area (Å²) in [5, 5.41) is 3.12. The molecule has 1 aliphatic rings. The Kier molecular flexibility index (Phi) is 6.66. The molecule has 2 heterocycles. The van der Waals surface area contributed by atoms with Gasteiger partial charge < -0.3 is 15.5 Å². The maximum absolute atomic E-state index is 12.2. The minimum atomic E-state index is -0.184. The Morgan fingerprint density at radius 2 is 2.05 bits per heavy atom. The van der Waals surface area contributed by atoms with Crippen molar-refractivity contribution >= 4 is 36.4 Å². The molecule has 3 N–H and O–H groups in total. The first kappa shape index (κ1) is 18.7. The molecule has 7 heteroatoms. The summed E-state index contributed by atoms with van der Waals surface area (Å²) in [4.78, 5) is 16.6. The minimum Gasteiger partial charge on any atom is -0.349 e. The number of rotatable bonds is 4. The Morgan fingerprint density at radius 3 is 2.68 bits per heavy atom. The summed E-state index contributed by atoms with van der Waals surface area (Å²) < 4.78 is 1.93. The van der Waals surface area contributed by atoms with E-state index in [0.29, 0.717) is 13.0 Å². The largest absolute Gasteiger partial charge is 0.349 e. The maximum atomic E-state index is 12.2. The Bertz CT molecular complexity index is 590. The zero-order chi connectivity index (χ0) is 14.0. The lowest BCUT2D eigenvalue weighted by atomic mass is 9.97. The molecule has 3 rings (SSSR count). The first-order valence-corrected chi connectivity index (χ1v) is 7.14. The molecule has 0 aliphatic heterocycles. The van der Waals surface area contributed by atoms with Crippen molar-refractivity contribution in [2.75, 3.05) is 6.54 Å². The van der Waals surface area contributed by atoms with Gasteiger partial charge in [0.2, 0.25) is 5.91 Å². The summed E-state index contributed by atoms with van der Waals surface area (Å²) in [6.45, 7) is 0.518. The smallest absolute Gasteiger partial charge is 0.226 e. The van der Waals surface area contributed by atoms with Crippen LogP contribution in [0.3, 0.4) is 0 Å². The number of carbonyl (C=O) groups is 1. The second kappa shape index (κ2) is 7.81. The number of nitrogens with two attached hydrogens (primary N) is 1. The Hall–Kier alpha value is -1.30. The standard InChI is InChI=1S/C15H20N4O.2ClH/c16-11-15(6-2-3-7-15)18-14(20)9-12-10-19-8-4-1-5-13(19)17-12;;/h1,4-5,8,10H,2-3,6-7,9,11,16H2,(H,18,20);2*1H. The van der Waals surface area contributed by atoms with Crippen molar-refractivity contribution in [3.05, 3.63) is 36.3 Å². The van der Waals surface area contributed by atoms with Gasteiger partial charge in [-0.25, -0.2) is 4.98 Å². The highest BCUT2D eigenvalue weighted by molar-refractivity contribution is 5.85. The molecule has 0 unspecified atom stereocenters. The highest BCUT2D eigenvalue weighted by Crippen LogP contribution is 2.28.